The average Bonchev–Trinajstić information content (AvgIpc) is 2.52. The van der Waals surface area contributed by atoms with E-state index in [1.54, 1.807) is 0 Å². The van der Waals surface area contributed by atoms with Gasteiger partial charge in [-0.3, -0.25) is 4.79 Å². The summed E-state index contributed by atoms with van der Waals surface area (Å²) in [4.78, 5) is 11.3. The fourth-order valence-corrected chi connectivity index (χ4v) is 3.18. The zero-order valence-corrected chi connectivity index (χ0v) is 6.45. The lowest BCUT2D eigenvalue weighted by Crippen LogP contribution is -2.26. The maximum Gasteiger partial charge on any atom is 0.136 e. The third-order valence-electron chi connectivity index (χ3n) is 3.73. The van der Waals surface area contributed by atoms with Crippen molar-refractivity contribution in [2.75, 3.05) is 13.2 Å². The Labute approximate surface area is 65.9 Å². The molecular formula is C9H12O2. The van der Waals surface area contributed by atoms with E-state index in [1.165, 1.54) is 6.42 Å². The van der Waals surface area contributed by atoms with E-state index in [1.807, 2.05) is 0 Å². The van der Waals surface area contributed by atoms with Crippen LogP contribution in [0.3, 0.4) is 0 Å². The minimum absolute atomic E-state index is 0.396. The second kappa shape index (κ2) is 1.86. The zero-order chi connectivity index (χ0) is 7.42. The average molecular weight is 152 g/mol. The lowest BCUT2D eigenvalue weighted by molar-refractivity contribution is -0.123. The third kappa shape index (κ3) is 0.639. The summed E-state index contributed by atoms with van der Waals surface area (Å²) in [6.07, 6.45) is 2.03. The number of ether oxygens (including phenoxy) is 1. The Morgan fingerprint density at radius 2 is 2.09 bits per heavy atom. The molecule has 1 aliphatic heterocycles. The molecule has 0 amide bonds. The van der Waals surface area contributed by atoms with Crippen molar-refractivity contribution in [2.24, 2.45) is 23.7 Å². The molecule has 0 spiro atoms. The van der Waals surface area contributed by atoms with Gasteiger partial charge in [-0.25, -0.2) is 0 Å². The summed E-state index contributed by atoms with van der Waals surface area (Å²) >= 11 is 0. The first-order valence-electron chi connectivity index (χ1n) is 4.46. The number of carbonyl (C=O) groups excluding carboxylic acids is 1. The molecule has 3 aliphatic rings. The summed E-state index contributed by atoms with van der Waals surface area (Å²) in [5.74, 6) is 2.97. The van der Waals surface area contributed by atoms with Crippen LogP contribution in [0.25, 0.3) is 0 Å². The Hall–Kier alpha value is -0.370. The van der Waals surface area contributed by atoms with Crippen LogP contribution in [-0.2, 0) is 9.53 Å². The van der Waals surface area contributed by atoms with Gasteiger partial charge in [-0.2, -0.15) is 0 Å². The van der Waals surface area contributed by atoms with Crippen molar-refractivity contribution in [1.82, 2.24) is 0 Å². The first-order valence-corrected chi connectivity index (χ1v) is 4.46. The van der Waals surface area contributed by atoms with Crippen LogP contribution in [0.4, 0.5) is 0 Å². The van der Waals surface area contributed by atoms with Gasteiger partial charge in [-0.05, 0) is 24.2 Å². The van der Waals surface area contributed by atoms with E-state index in [0.717, 1.165) is 25.6 Å². The lowest BCUT2D eigenvalue weighted by atomic mass is 9.81. The number of carbonyl (C=O) groups is 1. The highest BCUT2D eigenvalue weighted by Gasteiger charge is 2.54. The summed E-state index contributed by atoms with van der Waals surface area (Å²) in [5.41, 5.74) is 0. The van der Waals surface area contributed by atoms with Crippen LogP contribution in [0, 0.1) is 23.7 Å². The monoisotopic (exact) mass is 152 g/mol. The minimum Gasteiger partial charge on any atom is -0.381 e. The van der Waals surface area contributed by atoms with E-state index < -0.39 is 0 Å². The Balaban J connectivity index is 1.95. The molecule has 11 heavy (non-hydrogen) atoms. The van der Waals surface area contributed by atoms with Crippen LogP contribution < -0.4 is 0 Å². The SMILES string of the molecule is O=C1CC2CC1C1COCC21. The van der Waals surface area contributed by atoms with Gasteiger partial charge in [0.2, 0.25) is 0 Å². The third-order valence-corrected chi connectivity index (χ3v) is 3.73. The molecule has 2 bridgehead atoms. The van der Waals surface area contributed by atoms with Gasteiger partial charge in [0.15, 0.2) is 0 Å². The minimum atomic E-state index is 0.396. The summed E-state index contributed by atoms with van der Waals surface area (Å²) in [6.45, 7) is 1.79. The van der Waals surface area contributed by atoms with Gasteiger partial charge in [0, 0.05) is 12.3 Å². The Morgan fingerprint density at radius 1 is 1.27 bits per heavy atom. The van der Waals surface area contributed by atoms with Crippen molar-refractivity contribution < 1.29 is 9.53 Å². The quantitative estimate of drug-likeness (QED) is 0.514. The molecule has 0 aromatic rings. The van der Waals surface area contributed by atoms with Crippen LogP contribution in [0.2, 0.25) is 0 Å². The first-order chi connectivity index (χ1) is 5.36. The van der Waals surface area contributed by atoms with Crippen molar-refractivity contribution in [3.05, 3.63) is 0 Å². The Kier molecular flexibility index (Phi) is 1.05. The Morgan fingerprint density at radius 3 is 3.00 bits per heavy atom. The van der Waals surface area contributed by atoms with Gasteiger partial charge in [0.05, 0.1) is 13.2 Å². The van der Waals surface area contributed by atoms with Crippen molar-refractivity contribution in [3.8, 4) is 0 Å². The lowest BCUT2D eigenvalue weighted by Gasteiger charge is -2.20. The first kappa shape index (κ1) is 6.18. The number of rotatable bonds is 0. The molecule has 2 aliphatic carbocycles. The maximum absolute atomic E-state index is 11.3. The van der Waals surface area contributed by atoms with Crippen molar-refractivity contribution >= 4 is 5.78 Å². The number of hydrogen-bond donors (Lipinski definition) is 0. The summed E-state index contributed by atoms with van der Waals surface area (Å²) in [7, 11) is 0. The van der Waals surface area contributed by atoms with E-state index in [0.29, 0.717) is 23.5 Å². The van der Waals surface area contributed by atoms with E-state index in [2.05, 4.69) is 0 Å². The molecule has 3 rings (SSSR count). The number of Topliss-reactive ketones (excluding diaryl/α,β-unsaturated/α-hetero) is 1. The van der Waals surface area contributed by atoms with E-state index >= 15 is 0 Å². The van der Waals surface area contributed by atoms with Gasteiger partial charge in [0.25, 0.3) is 0 Å². The van der Waals surface area contributed by atoms with Gasteiger partial charge in [0.1, 0.15) is 5.78 Å². The van der Waals surface area contributed by atoms with Gasteiger partial charge in [-0.15, -0.1) is 0 Å². The van der Waals surface area contributed by atoms with Crippen LogP contribution in [0.5, 0.6) is 0 Å². The largest absolute Gasteiger partial charge is 0.381 e. The molecule has 0 aromatic heterocycles. The smallest absolute Gasteiger partial charge is 0.136 e. The molecule has 1 heterocycles. The highest BCUT2D eigenvalue weighted by Crippen LogP contribution is 2.52. The van der Waals surface area contributed by atoms with Crippen molar-refractivity contribution in [2.45, 2.75) is 12.8 Å². The van der Waals surface area contributed by atoms with Gasteiger partial charge in [-0.1, -0.05) is 0 Å². The second-order valence-electron chi connectivity index (χ2n) is 4.14. The predicted molar refractivity (Wildman–Crippen MR) is 39.0 cm³/mol. The summed E-state index contributed by atoms with van der Waals surface area (Å²) in [5, 5.41) is 0. The Bertz CT molecular complexity index is 212. The molecule has 0 N–H and O–H groups in total. The molecule has 4 unspecified atom stereocenters. The highest BCUT2D eigenvalue weighted by molar-refractivity contribution is 5.85. The second-order valence-corrected chi connectivity index (χ2v) is 4.14. The molecule has 2 nitrogen and oxygen atoms in total. The fourth-order valence-electron chi connectivity index (χ4n) is 3.18. The molecule has 3 fully saturated rings. The fraction of sp³-hybridized carbons (Fsp3) is 0.889. The zero-order valence-electron chi connectivity index (χ0n) is 6.45. The van der Waals surface area contributed by atoms with Crippen LogP contribution in [0.15, 0.2) is 0 Å². The van der Waals surface area contributed by atoms with Crippen LogP contribution in [0.1, 0.15) is 12.8 Å². The topological polar surface area (TPSA) is 26.3 Å². The van der Waals surface area contributed by atoms with Gasteiger partial charge >= 0.3 is 0 Å². The summed E-state index contributed by atoms with van der Waals surface area (Å²) in [6, 6.07) is 0. The highest BCUT2D eigenvalue weighted by atomic mass is 16.5. The molecule has 60 valence electrons. The van der Waals surface area contributed by atoms with E-state index in [4.69, 9.17) is 4.74 Å². The number of hydrogen-bond acceptors (Lipinski definition) is 2. The molecule has 0 aromatic carbocycles. The van der Waals surface area contributed by atoms with Crippen LogP contribution >= 0.6 is 0 Å². The molecule has 1 saturated heterocycles. The number of ketones is 1. The normalized spacial score (nSPS) is 53.6. The molecule has 2 heteroatoms. The van der Waals surface area contributed by atoms with Crippen LogP contribution in [-0.4, -0.2) is 19.0 Å². The number of fused-ring (bicyclic) bond motifs is 5. The molecule has 2 saturated carbocycles. The summed E-state index contributed by atoms with van der Waals surface area (Å²) < 4.78 is 5.39. The molecule has 4 atom stereocenters. The van der Waals surface area contributed by atoms with E-state index in [9.17, 15) is 4.79 Å². The van der Waals surface area contributed by atoms with Crippen molar-refractivity contribution in [3.63, 3.8) is 0 Å². The molecule has 0 radical (unpaired) electrons. The standard InChI is InChI=1S/C9H12O2/c10-9-2-5-1-6(9)8-4-11-3-7(5)8/h5-8H,1-4H2. The maximum atomic E-state index is 11.3. The predicted octanol–water partition coefficient (Wildman–Crippen LogP) is 0.858. The van der Waals surface area contributed by atoms with E-state index in [-0.39, 0.29) is 0 Å². The molecular weight excluding hydrogens is 140 g/mol. The van der Waals surface area contributed by atoms with Gasteiger partial charge < -0.3 is 4.74 Å². The van der Waals surface area contributed by atoms with Crippen molar-refractivity contribution in [1.29, 1.82) is 0 Å².